The zero-order valence-electron chi connectivity index (χ0n) is 9.41. The number of ketones is 1. The van der Waals surface area contributed by atoms with Gasteiger partial charge in [0.05, 0.1) is 13.2 Å². The smallest absolute Gasteiger partial charge is 0.146 e. The van der Waals surface area contributed by atoms with Crippen LogP contribution in [0.15, 0.2) is 24.3 Å². The normalized spacial score (nSPS) is 12.2. The zero-order chi connectivity index (χ0) is 11.3. The summed E-state index contributed by atoms with van der Waals surface area (Å²) >= 11 is 0. The zero-order valence-corrected chi connectivity index (χ0v) is 9.41. The van der Waals surface area contributed by atoms with Gasteiger partial charge in [-0.1, -0.05) is 12.1 Å². The Hall–Kier alpha value is -1.35. The summed E-state index contributed by atoms with van der Waals surface area (Å²) in [5, 5.41) is 3.14. The average molecular weight is 207 g/mol. The molecule has 1 aromatic carbocycles. The van der Waals surface area contributed by atoms with Crippen LogP contribution >= 0.6 is 0 Å². The molecular weight excluding hydrogens is 190 g/mol. The highest BCUT2D eigenvalue weighted by atomic mass is 16.5. The van der Waals surface area contributed by atoms with Gasteiger partial charge in [-0.25, -0.2) is 0 Å². The molecule has 0 aliphatic carbocycles. The molecule has 1 aromatic rings. The Morgan fingerprint density at radius 3 is 2.87 bits per heavy atom. The van der Waals surface area contributed by atoms with Gasteiger partial charge >= 0.3 is 0 Å². The Kier molecular flexibility index (Phi) is 4.31. The van der Waals surface area contributed by atoms with E-state index in [1.54, 1.807) is 14.0 Å². The van der Waals surface area contributed by atoms with Crippen LogP contribution in [0.1, 0.15) is 19.4 Å². The van der Waals surface area contributed by atoms with E-state index in [1.165, 1.54) is 0 Å². The van der Waals surface area contributed by atoms with Crippen LogP contribution in [-0.4, -0.2) is 18.9 Å². The van der Waals surface area contributed by atoms with Gasteiger partial charge in [0, 0.05) is 6.54 Å². The Labute approximate surface area is 90.4 Å². The van der Waals surface area contributed by atoms with Gasteiger partial charge in [0.1, 0.15) is 11.5 Å². The van der Waals surface area contributed by atoms with Crippen LogP contribution in [-0.2, 0) is 11.3 Å². The third kappa shape index (κ3) is 3.72. The molecule has 1 rings (SSSR count). The van der Waals surface area contributed by atoms with E-state index >= 15 is 0 Å². The number of ether oxygens (including phenoxy) is 1. The van der Waals surface area contributed by atoms with Crippen molar-refractivity contribution in [1.29, 1.82) is 0 Å². The molecule has 0 aromatic heterocycles. The largest absolute Gasteiger partial charge is 0.497 e. The molecule has 3 nitrogen and oxygen atoms in total. The summed E-state index contributed by atoms with van der Waals surface area (Å²) in [6.45, 7) is 4.13. The predicted octanol–water partition coefficient (Wildman–Crippen LogP) is 1.76. The molecule has 1 N–H and O–H groups in total. The summed E-state index contributed by atoms with van der Waals surface area (Å²) in [6, 6.07) is 7.70. The second kappa shape index (κ2) is 5.51. The van der Waals surface area contributed by atoms with Gasteiger partial charge in [-0.2, -0.15) is 0 Å². The molecule has 0 bridgehead atoms. The van der Waals surface area contributed by atoms with E-state index in [2.05, 4.69) is 5.32 Å². The summed E-state index contributed by atoms with van der Waals surface area (Å²) in [4.78, 5) is 11.0. The van der Waals surface area contributed by atoms with Crippen molar-refractivity contribution < 1.29 is 9.53 Å². The standard InChI is InChI=1S/C12H17NO2/c1-9(10(2)14)13-8-11-5-4-6-12(7-11)15-3/h4-7,9,13H,8H2,1-3H3. The van der Waals surface area contributed by atoms with Gasteiger partial charge in [0.2, 0.25) is 0 Å². The van der Waals surface area contributed by atoms with E-state index in [0.29, 0.717) is 6.54 Å². The fraction of sp³-hybridized carbons (Fsp3) is 0.417. The van der Waals surface area contributed by atoms with Gasteiger partial charge in [0.25, 0.3) is 0 Å². The third-order valence-electron chi connectivity index (χ3n) is 2.36. The lowest BCUT2D eigenvalue weighted by atomic mass is 10.2. The van der Waals surface area contributed by atoms with E-state index in [4.69, 9.17) is 4.74 Å². The van der Waals surface area contributed by atoms with Crippen LogP contribution in [0.5, 0.6) is 5.75 Å². The van der Waals surface area contributed by atoms with Crippen molar-refractivity contribution in [3.8, 4) is 5.75 Å². The number of carbonyl (C=O) groups is 1. The molecular formula is C12H17NO2. The van der Waals surface area contributed by atoms with Crippen molar-refractivity contribution in [2.75, 3.05) is 7.11 Å². The van der Waals surface area contributed by atoms with Crippen molar-refractivity contribution in [2.45, 2.75) is 26.4 Å². The first kappa shape index (κ1) is 11.7. The van der Waals surface area contributed by atoms with Crippen molar-refractivity contribution in [3.63, 3.8) is 0 Å². The first-order chi connectivity index (χ1) is 7.13. The van der Waals surface area contributed by atoms with Crippen LogP contribution < -0.4 is 10.1 Å². The number of methoxy groups -OCH3 is 1. The lowest BCUT2D eigenvalue weighted by Gasteiger charge is -2.10. The molecule has 15 heavy (non-hydrogen) atoms. The average Bonchev–Trinajstić information content (AvgIpc) is 2.26. The maximum atomic E-state index is 11.0. The van der Waals surface area contributed by atoms with Crippen LogP contribution in [0.25, 0.3) is 0 Å². The van der Waals surface area contributed by atoms with E-state index in [9.17, 15) is 4.79 Å². The summed E-state index contributed by atoms with van der Waals surface area (Å²) in [6.07, 6.45) is 0. The predicted molar refractivity (Wildman–Crippen MR) is 60.0 cm³/mol. The minimum Gasteiger partial charge on any atom is -0.497 e. The topological polar surface area (TPSA) is 38.3 Å². The van der Waals surface area contributed by atoms with Crippen molar-refractivity contribution in [3.05, 3.63) is 29.8 Å². The summed E-state index contributed by atoms with van der Waals surface area (Å²) in [5.41, 5.74) is 1.11. The Morgan fingerprint density at radius 2 is 2.27 bits per heavy atom. The molecule has 0 saturated carbocycles. The SMILES string of the molecule is COc1cccc(CNC(C)C(C)=O)c1. The lowest BCUT2D eigenvalue weighted by Crippen LogP contribution is -2.31. The first-order valence-corrected chi connectivity index (χ1v) is 5.00. The number of nitrogens with one attached hydrogen (secondary N) is 1. The quantitative estimate of drug-likeness (QED) is 0.799. The number of benzene rings is 1. The maximum absolute atomic E-state index is 11.0. The molecule has 3 heteroatoms. The third-order valence-corrected chi connectivity index (χ3v) is 2.36. The van der Waals surface area contributed by atoms with Crippen LogP contribution in [0.3, 0.4) is 0 Å². The van der Waals surface area contributed by atoms with Gasteiger partial charge in [-0.05, 0) is 31.5 Å². The highest BCUT2D eigenvalue weighted by Gasteiger charge is 2.05. The summed E-state index contributed by atoms with van der Waals surface area (Å²) < 4.78 is 5.11. The number of carbonyl (C=O) groups excluding carboxylic acids is 1. The van der Waals surface area contributed by atoms with Crippen LogP contribution in [0.2, 0.25) is 0 Å². The molecule has 0 amide bonds. The molecule has 82 valence electrons. The Bertz CT molecular complexity index is 336. The monoisotopic (exact) mass is 207 g/mol. The molecule has 1 unspecified atom stereocenters. The molecule has 0 heterocycles. The molecule has 1 atom stereocenters. The van der Waals surface area contributed by atoms with Gasteiger partial charge in [0.15, 0.2) is 0 Å². The molecule has 0 radical (unpaired) electrons. The Balaban J connectivity index is 2.53. The van der Waals surface area contributed by atoms with E-state index in [1.807, 2.05) is 31.2 Å². The highest BCUT2D eigenvalue weighted by Crippen LogP contribution is 2.12. The highest BCUT2D eigenvalue weighted by molar-refractivity contribution is 5.80. The molecule has 0 spiro atoms. The van der Waals surface area contributed by atoms with E-state index in [-0.39, 0.29) is 11.8 Å². The van der Waals surface area contributed by atoms with Gasteiger partial charge < -0.3 is 10.1 Å². The number of hydrogen-bond donors (Lipinski definition) is 1. The van der Waals surface area contributed by atoms with Crippen molar-refractivity contribution in [2.24, 2.45) is 0 Å². The maximum Gasteiger partial charge on any atom is 0.146 e. The first-order valence-electron chi connectivity index (χ1n) is 5.00. The number of hydrogen-bond acceptors (Lipinski definition) is 3. The molecule has 0 aliphatic rings. The number of Topliss-reactive ketones (excluding diaryl/α,β-unsaturated/α-hetero) is 1. The minimum absolute atomic E-state index is 0.101. The van der Waals surface area contributed by atoms with E-state index in [0.717, 1.165) is 11.3 Å². The summed E-state index contributed by atoms with van der Waals surface area (Å²) in [5.74, 6) is 0.989. The van der Waals surface area contributed by atoms with Crippen molar-refractivity contribution >= 4 is 5.78 Å². The number of rotatable bonds is 5. The van der Waals surface area contributed by atoms with Crippen LogP contribution in [0.4, 0.5) is 0 Å². The lowest BCUT2D eigenvalue weighted by molar-refractivity contribution is -0.118. The Morgan fingerprint density at radius 1 is 1.53 bits per heavy atom. The second-order valence-electron chi connectivity index (χ2n) is 3.56. The van der Waals surface area contributed by atoms with Crippen molar-refractivity contribution in [1.82, 2.24) is 5.32 Å². The molecule has 0 aliphatic heterocycles. The molecule has 0 fully saturated rings. The van der Waals surface area contributed by atoms with Gasteiger partial charge in [-0.15, -0.1) is 0 Å². The van der Waals surface area contributed by atoms with Crippen LogP contribution in [0, 0.1) is 0 Å². The molecule has 0 saturated heterocycles. The summed E-state index contributed by atoms with van der Waals surface area (Å²) in [7, 11) is 1.64. The minimum atomic E-state index is -0.101. The van der Waals surface area contributed by atoms with Gasteiger partial charge in [-0.3, -0.25) is 4.79 Å². The second-order valence-corrected chi connectivity index (χ2v) is 3.56. The fourth-order valence-corrected chi connectivity index (χ4v) is 1.20. The van der Waals surface area contributed by atoms with E-state index < -0.39 is 0 Å². The fourth-order valence-electron chi connectivity index (χ4n) is 1.20.